The number of nitrogens with one attached hydrogen (secondary N) is 2. The van der Waals surface area contributed by atoms with Crippen LogP contribution in [0.25, 0.3) is 6.08 Å². The summed E-state index contributed by atoms with van der Waals surface area (Å²) >= 11 is 0. The Labute approximate surface area is 95.2 Å². The second-order valence-electron chi connectivity index (χ2n) is 2.93. The van der Waals surface area contributed by atoms with E-state index in [2.05, 4.69) is 5.43 Å². The van der Waals surface area contributed by atoms with Crippen molar-refractivity contribution in [2.45, 2.75) is 0 Å². The molecule has 0 radical (unpaired) electrons. The van der Waals surface area contributed by atoms with Crippen LogP contribution >= 0.6 is 0 Å². The van der Waals surface area contributed by atoms with Gasteiger partial charge in [-0.1, -0.05) is 0 Å². The number of rotatable bonds is 4. The fraction of sp³-hybridized carbons (Fsp3) is 0. The van der Waals surface area contributed by atoms with Crippen molar-refractivity contribution >= 4 is 17.8 Å². The van der Waals surface area contributed by atoms with Crippen molar-refractivity contribution in [3.8, 4) is 0 Å². The highest BCUT2D eigenvalue weighted by atomic mass is 19.1. The molecule has 90 valence electrons. The van der Waals surface area contributed by atoms with Crippen molar-refractivity contribution < 1.29 is 14.1 Å². The van der Waals surface area contributed by atoms with Crippen LogP contribution in [0.4, 0.5) is 14.9 Å². The van der Waals surface area contributed by atoms with Gasteiger partial charge >= 0.3 is 6.03 Å². The summed E-state index contributed by atoms with van der Waals surface area (Å²) in [5.74, 6) is -0.697. The van der Waals surface area contributed by atoms with Crippen LogP contribution < -0.4 is 16.6 Å². The average molecular weight is 240 g/mol. The molecule has 8 heteroatoms. The molecule has 0 saturated carbocycles. The van der Waals surface area contributed by atoms with Gasteiger partial charge in [-0.15, -0.1) is 0 Å². The Kier molecular flexibility index (Phi) is 3.98. The van der Waals surface area contributed by atoms with Gasteiger partial charge in [-0.2, -0.15) is 0 Å². The summed E-state index contributed by atoms with van der Waals surface area (Å²) in [6, 6.07) is 2.34. The smallest absolute Gasteiger partial charge is 0.330 e. The lowest BCUT2D eigenvalue weighted by atomic mass is 10.2. The Balaban J connectivity index is 2.83. The fourth-order valence-corrected chi connectivity index (χ4v) is 1.06. The second kappa shape index (κ2) is 5.45. The first kappa shape index (κ1) is 12.4. The Bertz CT molecular complexity index is 475. The Morgan fingerprint density at radius 1 is 1.53 bits per heavy atom. The summed E-state index contributed by atoms with van der Waals surface area (Å²) in [7, 11) is 0. The van der Waals surface area contributed by atoms with E-state index >= 15 is 0 Å². The van der Waals surface area contributed by atoms with E-state index in [1.807, 2.05) is 5.43 Å². The standard InChI is InChI=1S/C9H9FN4O3/c10-7-2-1-6(8(5-7)14(16)17)3-4-12-13-9(11)15/h1-5,12H,(H3,11,13,15). The molecule has 1 aromatic rings. The molecule has 2 amide bonds. The molecule has 0 bridgehead atoms. The highest BCUT2D eigenvalue weighted by molar-refractivity contribution is 5.71. The summed E-state index contributed by atoms with van der Waals surface area (Å²) in [6.45, 7) is 0. The van der Waals surface area contributed by atoms with Crippen LogP contribution in [-0.4, -0.2) is 11.0 Å². The molecule has 0 heterocycles. The van der Waals surface area contributed by atoms with Gasteiger partial charge in [0, 0.05) is 6.20 Å². The molecule has 1 rings (SSSR count). The first-order chi connectivity index (χ1) is 8.00. The quantitative estimate of drug-likeness (QED) is 0.535. The highest BCUT2D eigenvalue weighted by Gasteiger charge is 2.12. The number of urea groups is 1. The summed E-state index contributed by atoms with van der Waals surface area (Å²) in [5.41, 5.74) is 8.91. The number of nitro groups is 1. The number of nitrogens with two attached hydrogens (primary N) is 1. The SMILES string of the molecule is NC(=O)NNC=Cc1ccc(F)cc1[N+](=O)[O-]. The number of nitrogens with zero attached hydrogens (tertiary/aromatic N) is 1. The minimum Gasteiger partial charge on any atom is -0.350 e. The Morgan fingerprint density at radius 2 is 2.24 bits per heavy atom. The van der Waals surface area contributed by atoms with Crippen molar-refractivity contribution in [3.63, 3.8) is 0 Å². The first-order valence-corrected chi connectivity index (χ1v) is 4.42. The zero-order valence-corrected chi connectivity index (χ0v) is 8.51. The van der Waals surface area contributed by atoms with Crippen LogP contribution in [-0.2, 0) is 0 Å². The molecule has 0 unspecified atom stereocenters. The van der Waals surface area contributed by atoms with Crippen molar-refractivity contribution in [2.75, 3.05) is 0 Å². The topological polar surface area (TPSA) is 110 Å². The fourth-order valence-electron chi connectivity index (χ4n) is 1.06. The largest absolute Gasteiger partial charge is 0.350 e. The van der Waals surface area contributed by atoms with Crippen LogP contribution in [0.1, 0.15) is 5.56 Å². The molecular weight excluding hydrogens is 231 g/mol. The van der Waals surface area contributed by atoms with Gasteiger partial charge in [0.25, 0.3) is 5.69 Å². The maximum absolute atomic E-state index is 12.8. The van der Waals surface area contributed by atoms with Crippen LogP contribution in [0.3, 0.4) is 0 Å². The molecule has 0 spiro atoms. The van der Waals surface area contributed by atoms with Crippen molar-refractivity contribution in [1.82, 2.24) is 10.9 Å². The molecule has 0 saturated heterocycles. The second-order valence-corrected chi connectivity index (χ2v) is 2.93. The molecule has 0 aliphatic carbocycles. The molecule has 0 aromatic heterocycles. The molecule has 0 aliphatic heterocycles. The number of carbonyl (C=O) groups excluding carboxylic acids is 1. The summed E-state index contributed by atoms with van der Waals surface area (Å²) in [6.07, 6.45) is 2.53. The number of hydrogen-bond donors (Lipinski definition) is 3. The highest BCUT2D eigenvalue weighted by Crippen LogP contribution is 2.20. The molecule has 7 nitrogen and oxygen atoms in total. The summed E-state index contributed by atoms with van der Waals surface area (Å²) in [5, 5.41) is 10.6. The molecule has 17 heavy (non-hydrogen) atoms. The van der Waals surface area contributed by atoms with Gasteiger partial charge in [-0.3, -0.25) is 15.5 Å². The van der Waals surface area contributed by atoms with Gasteiger partial charge in [-0.05, 0) is 18.2 Å². The molecule has 4 N–H and O–H groups in total. The zero-order chi connectivity index (χ0) is 12.8. The number of hydrazine groups is 1. The van der Waals surface area contributed by atoms with E-state index in [-0.39, 0.29) is 11.3 Å². The van der Waals surface area contributed by atoms with Crippen LogP contribution in [0, 0.1) is 15.9 Å². The van der Waals surface area contributed by atoms with Crippen LogP contribution in [0.2, 0.25) is 0 Å². The van der Waals surface area contributed by atoms with Gasteiger partial charge in [0.05, 0.1) is 16.6 Å². The van der Waals surface area contributed by atoms with E-state index < -0.39 is 16.8 Å². The minimum atomic E-state index is -0.803. The number of halogens is 1. The number of amides is 2. The number of hydrogen-bond acceptors (Lipinski definition) is 4. The van der Waals surface area contributed by atoms with E-state index in [1.165, 1.54) is 18.3 Å². The molecule has 1 aromatic carbocycles. The minimum absolute atomic E-state index is 0.190. The molecule has 0 fully saturated rings. The third-order valence-corrected chi connectivity index (χ3v) is 1.73. The normalized spacial score (nSPS) is 10.2. The third-order valence-electron chi connectivity index (χ3n) is 1.73. The summed E-state index contributed by atoms with van der Waals surface area (Å²) in [4.78, 5) is 20.2. The predicted octanol–water partition coefficient (Wildman–Crippen LogP) is 0.877. The van der Waals surface area contributed by atoms with Crippen molar-refractivity contribution in [2.24, 2.45) is 5.73 Å². The molecule has 0 atom stereocenters. The van der Waals surface area contributed by atoms with E-state index in [4.69, 9.17) is 5.73 Å². The third kappa shape index (κ3) is 3.78. The lowest BCUT2D eigenvalue weighted by Crippen LogP contribution is -2.37. The van der Waals surface area contributed by atoms with Crippen LogP contribution in [0.5, 0.6) is 0 Å². The number of carbonyl (C=O) groups is 1. The van der Waals surface area contributed by atoms with Gasteiger partial charge in [0.15, 0.2) is 0 Å². The summed E-state index contributed by atoms with van der Waals surface area (Å²) < 4.78 is 12.8. The van der Waals surface area contributed by atoms with E-state index in [0.717, 1.165) is 12.1 Å². The van der Waals surface area contributed by atoms with Gasteiger partial charge < -0.3 is 11.2 Å². The van der Waals surface area contributed by atoms with Crippen molar-refractivity contribution in [1.29, 1.82) is 0 Å². The van der Waals surface area contributed by atoms with Gasteiger partial charge in [0.1, 0.15) is 5.82 Å². The van der Waals surface area contributed by atoms with Crippen LogP contribution in [0.15, 0.2) is 24.4 Å². The number of nitro benzene ring substituents is 1. The van der Waals surface area contributed by atoms with E-state index in [0.29, 0.717) is 0 Å². The van der Waals surface area contributed by atoms with E-state index in [9.17, 15) is 19.3 Å². The van der Waals surface area contributed by atoms with Crippen molar-refractivity contribution in [3.05, 3.63) is 45.9 Å². The monoisotopic (exact) mass is 240 g/mol. The maximum atomic E-state index is 12.8. The van der Waals surface area contributed by atoms with Gasteiger partial charge in [0.2, 0.25) is 0 Å². The van der Waals surface area contributed by atoms with E-state index in [1.54, 1.807) is 0 Å². The zero-order valence-electron chi connectivity index (χ0n) is 8.51. The number of primary amides is 1. The Morgan fingerprint density at radius 3 is 2.82 bits per heavy atom. The van der Waals surface area contributed by atoms with Gasteiger partial charge in [-0.25, -0.2) is 9.18 Å². The number of benzene rings is 1. The molecular formula is C9H9FN4O3. The predicted molar refractivity (Wildman–Crippen MR) is 57.9 cm³/mol. The average Bonchev–Trinajstić information content (AvgIpc) is 2.25. The Hall–Kier alpha value is -2.64. The lowest BCUT2D eigenvalue weighted by molar-refractivity contribution is -0.385. The maximum Gasteiger partial charge on any atom is 0.330 e. The molecule has 0 aliphatic rings. The first-order valence-electron chi connectivity index (χ1n) is 4.42. The lowest BCUT2D eigenvalue weighted by Gasteiger charge is -2.00.